The van der Waals surface area contributed by atoms with E-state index in [4.69, 9.17) is 5.11 Å². The van der Waals surface area contributed by atoms with E-state index < -0.39 is 0 Å². The van der Waals surface area contributed by atoms with Gasteiger partial charge < -0.3 is 10.4 Å². The number of benzene rings is 1. The summed E-state index contributed by atoms with van der Waals surface area (Å²) in [5.41, 5.74) is 1.16. The Morgan fingerprint density at radius 3 is 3.11 bits per heavy atom. The highest BCUT2D eigenvalue weighted by atomic mass is 32.2. The van der Waals surface area contributed by atoms with Gasteiger partial charge in [0.15, 0.2) is 0 Å². The summed E-state index contributed by atoms with van der Waals surface area (Å²) in [6.45, 7) is 0.952. The average molecular weight is 297 g/mol. The molecule has 1 aliphatic heterocycles. The number of rotatable bonds is 7. The Balaban J connectivity index is 1.73. The van der Waals surface area contributed by atoms with E-state index in [-0.39, 0.29) is 18.4 Å². The highest BCUT2D eigenvalue weighted by Gasteiger charge is 2.28. The summed E-state index contributed by atoms with van der Waals surface area (Å²) in [4.78, 5) is 13.4. The normalized spacial score (nSPS) is 17.2. The molecular formula is C14H19NO2S2. The van der Waals surface area contributed by atoms with Crippen molar-refractivity contribution in [2.75, 3.05) is 30.4 Å². The molecule has 0 radical (unpaired) electrons. The summed E-state index contributed by atoms with van der Waals surface area (Å²) in [5.74, 6) is 2.86. The summed E-state index contributed by atoms with van der Waals surface area (Å²) in [7, 11) is 0. The number of fused-ring (bicyclic) bond motifs is 1. The van der Waals surface area contributed by atoms with Gasteiger partial charge in [-0.2, -0.15) is 11.8 Å². The van der Waals surface area contributed by atoms with Gasteiger partial charge in [-0.3, -0.25) is 4.79 Å². The smallest absolute Gasteiger partial charge is 0.228 e. The third-order valence-corrected chi connectivity index (χ3v) is 5.26. The van der Waals surface area contributed by atoms with Crippen LogP contribution in [0.5, 0.6) is 0 Å². The van der Waals surface area contributed by atoms with Gasteiger partial charge in [-0.1, -0.05) is 18.2 Å². The van der Waals surface area contributed by atoms with Gasteiger partial charge in [0.1, 0.15) is 0 Å². The molecule has 0 fully saturated rings. The van der Waals surface area contributed by atoms with E-state index in [1.165, 1.54) is 4.90 Å². The topological polar surface area (TPSA) is 49.3 Å². The lowest BCUT2D eigenvalue weighted by molar-refractivity contribution is -0.121. The van der Waals surface area contributed by atoms with Crippen LogP contribution in [0.1, 0.15) is 17.9 Å². The molecule has 0 aromatic heterocycles. The summed E-state index contributed by atoms with van der Waals surface area (Å²) in [5, 5.41) is 11.7. The molecule has 3 nitrogen and oxygen atoms in total. The van der Waals surface area contributed by atoms with E-state index in [2.05, 4.69) is 17.4 Å². The summed E-state index contributed by atoms with van der Waals surface area (Å²) < 4.78 is 0. The highest BCUT2D eigenvalue weighted by Crippen LogP contribution is 2.39. The van der Waals surface area contributed by atoms with Crippen molar-refractivity contribution in [1.29, 1.82) is 0 Å². The van der Waals surface area contributed by atoms with E-state index in [0.717, 1.165) is 29.2 Å². The summed E-state index contributed by atoms with van der Waals surface area (Å²) in [6.07, 6.45) is 0.825. The predicted octanol–water partition coefficient (Wildman–Crippen LogP) is 2.11. The maximum absolute atomic E-state index is 12.1. The zero-order valence-electron chi connectivity index (χ0n) is 10.8. The fourth-order valence-electron chi connectivity index (χ4n) is 2.02. The fourth-order valence-corrected chi connectivity index (χ4v) is 4.03. The van der Waals surface area contributed by atoms with Gasteiger partial charge in [0, 0.05) is 29.6 Å². The van der Waals surface area contributed by atoms with Crippen LogP contribution in [0, 0.1) is 0 Å². The minimum Gasteiger partial charge on any atom is -0.396 e. The number of hydrogen-bond donors (Lipinski definition) is 2. The third kappa shape index (κ3) is 4.16. The number of amides is 1. The number of nitrogens with one attached hydrogen (secondary N) is 1. The quantitative estimate of drug-likeness (QED) is 0.757. The first-order chi connectivity index (χ1) is 9.33. The van der Waals surface area contributed by atoms with Crippen LogP contribution in [-0.4, -0.2) is 41.4 Å². The predicted molar refractivity (Wildman–Crippen MR) is 81.9 cm³/mol. The Kier molecular flexibility index (Phi) is 6.07. The molecular weight excluding hydrogens is 278 g/mol. The molecule has 5 heteroatoms. The molecule has 0 saturated heterocycles. The fraction of sp³-hybridized carbons (Fsp3) is 0.500. The number of thioether (sulfide) groups is 2. The minimum absolute atomic E-state index is 0.00337. The van der Waals surface area contributed by atoms with Gasteiger partial charge in [0.2, 0.25) is 5.91 Å². The molecule has 0 saturated carbocycles. The van der Waals surface area contributed by atoms with Crippen LogP contribution in [0.15, 0.2) is 29.2 Å². The Hall–Kier alpha value is -0.650. The molecule has 0 spiro atoms. The van der Waals surface area contributed by atoms with Crippen molar-refractivity contribution >= 4 is 29.4 Å². The average Bonchev–Trinajstić information content (AvgIpc) is 2.86. The standard InChI is InChI=1S/C14H19NO2S2/c16-7-3-8-18-9-6-15-14(17)12-10-19-13-5-2-1-4-11(12)13/h1-2,4-5,12,16H,3,6-10H2,(H,15,17). The lowest BCUT2D eigenvalue weighted by Crippen LogP contribution is -2.31. The second kappa shape index (κ2) is 7.82. The van der Waals surface area contributed by atoms with E-state index >= 15 is 0 Å². The highest BCUT2D eigenvalue weighted by molar-refractivity contribution is 7.99. The molecule has 1 aromatic carbocycles. The first-order valence-corrected chi connectivity index (χ1v) is 8.65. The van der Waals surface area contributed by atoms with Crippen molar-refractivity contribution in [3.05, 3.63) is 29.8 Å². The van der Waals surface area contributed by atoms with E-state index in [0.29, 0.717) is 6.54 Å². The van der Waals surface area contributed by atoms with Crippen LogP contribution in [0.25, 0.3) is 0 Å². The molecule has 2 rings (SSSR count). The molecule has 0 aliphatic carbocycles. The molecule has 1 aromatic rings. The van der Waals surface area contributed by atoms with Crippen molar-refractivity contribution in [3.63, 3.8) is 0 Å². The Morgan fingerprint density at radius 1 is 1.42 bits per heavy atom. The Bertz CT molecular complexity index is 426. The molecule has 1 unspecified atom stereocenters. The van der Waals surface area contributed by atoms with Crippen molar-refractivity contribution in [3.8, 4) is 0 Å². The minimum atomic E-state index is 0.00337. The van der Waals surface area contributed by atoms with Crippen molar-refractivity contribution < 1.29 is 9.90 Å². The SMILES string of the molecule is O=C(NCCSCCCO)C1CSc2ccccc21. The van der Waals surface area contributed by atoms with E-state index in [1.807, 2.05) is 12.1 Å². The van der Waals surface area contributed by atoms with Crippen molar-refractivity contribution in [2.24, 2.45) is 0 Å². The van der Waals surface area contributed by atoms with Crippen molar-refractivity contribution in [2.45, 2.75) is 17.2 Å². The Labute approximate surface area is 122 Å². The van der Waals surface area contributed by atoms with E-state index in [9.17, 15) is 4.79 Å². The zero-order chi connectivity index (χ0) is 13.5. The molecule has 1 atom stereocenters. The van der Waals surface area contributed by atoms with E-state index in [1.54, 1.807) is 23.5 Å². The number of aliphatic hydroxyl groups excluding tert-OH is 1. The van der Waals surface area contributed by atoms with Crippen LogP contribution in [0.4, 0.5) is 0 Å². The summed E-state index contributed by atoms with van der Waals surface area (Å²) in [6, 6.07) is 8.15. The zero-order valence-corrected chi connectivity index (χ0v) is 12.4. The van der Waals surface area contributed by atoms with Crippen LogP contribution < -0.4 is 5.32 Å². The first kappa shape index (κ1) is 14.8. The molecule has 2 N–H and O–H groups in total. The second-order valence-electron chi connectivity index (χ2n) is 4.38. The molecule has 1 aliphatic rings. The molecule has 104 valence electrons. The van der Waals surface area contributed by atoms with Crippen LogP contribution in [0.2, 0.25) is 0 Å². The number of carbonyl (C=O) groups excluding carboxylic acids is 1. The molecule has 1 amide bonds. The monoisotopic (exact) mass is 297 g/mol. The first-order valence-electron chi connectivity index (χ1n) is 6.51. The third-order valence-electron chi connectivity index (χ3n) is 3.01. The maximum Gasteiger partial charge on any atom is 0.228 e. The molecule has 1 heterocycles. The van der Waals surface area contributed by atoms with Gasteiger partial charge in [-0.15, -0.1) is 11.8 Å². The number of carbonyl (C=O) groups is 1. The van der Waals surface area contributed by atoms with Gasteiger partial charge in [0.05, 0.1) is 5.92 Å². The van der Waals surface area contributed by atoms with Gasteiger partial charge >= 0.3 is 0 Å². The van der Waals surface area contributed by atoms with Gasteiger partial charge in [0.25, 0.3) is 0 Å². The Morgan fingerprint density at radius 2 is 2.26 bits per heavy atom. The number of aliphatic hydroxyl groups is 1. The van der Waals surface area contributed by atoms with Crippen LogP contribution in [0.3, 0.4) is 0 Å². The lowest BCUT2D eigenvalue weighted by Gasteiger charge is -2.11. The summed E-state index contributed by atoms with van der Waals surface area (Å²) >= 11 is 3.53. The largest absolute Gasteiger partial charge is 0.396 e. The maximum atomic E-state index is 12.1. The van der Waals surface area contributed by atoms with Crippen molar-refractivity contribution in [1.82, 2.24) is 5.32 Å². The van der Waals surface area contributed by atoms with Crippen LogP contribution in [-0.2, 0) is 4.79 Å². The number of hydrogen-bond acceptors (Lipinski definition) is 4. The molecule has 0 bridgehead atoms. The van der Waals surface area contributed by atoms with Gasteiger partial charge in [-0.25, -0.2) is 0 Å². The van der Waals surface area contributed by atoms with Crippen LogP contribution >= 0.6 is 23.5 Å². The lowest BCUT2D eigenvalue weighted by atomic mass is 10.0. The second-order valence-corrected chi connectivity index (χ2v) is 6.67. The molecule has 19 heavy (non-hydrogen) atoms. The van der Waals surface area contributed by atoms with Gasteiger partial charge in [-0.05, 0) is 23.8 Å².